The number of nitrogens with one attached hydrogen (secondary N) is 1. The van der Waals surface area contributed by atoms with E-state index in [4.69, 9.17) is 0 Å². The zero-order valence-electron chi connectivity index (χ0n) is 11.3. The van der Waals surface area contributed by atoms with Crippen molar-refractivity contribution in [2.24, 2.45) is 7.05 Å². The minimum absolute atomic E-state index is 0.229. The lowest BCUT2D eigenvalue weighted by Gasteiger charge is -2.06. The topological polar surface area (TPSA) is 29.9 Å². The molecule has 0 aliphatic heterocycles. The van der Waals surface area contributed by atoms with E-state index in [2.05, 4.69) is 33.3 Å². The molecule has 1 aromatic heterocycles. The van der Waals surface area contributed by atoms with Crippen molar-refractivity contribution in [2.75, 3.05) is 0 Å². The molecule has 0 amide bonds. The van der Waals surface area contributed by atoms with E-state index >= 15 is 0 Å². The number of aryl methyl sites for hydroxylation is 2. The van der Waals surface area contributed by atoms with Crippen molar-refractivity contribution in [3.05, 3.63) is 51.0 Å². The molecule has 0 saturated heterocycles. The van der Waals surface area contributed by atoms with Gasteiger partial charge in [0.25, 0.3) is 0 Å². The van der Waals surface area contributed by atoms with Gasteiger partial charge in [-0.1, -0.05) is 6.07 Å². The van der Waals surface area contributed by atoms with Crippen molar-refractivity contribution < 1.29 is 4.39 Å². The van der Waals surface area contributed by atoms with Crippen molar-refractivity contribution in [3.8, 4) is 0 Å². The Bertz CT molecular complexity index is 593. The maximum Gasteiger partial charge on any atom is 0.137 e. The van der Waals surface area contributed by atoms with Gasteiger partial charge in [-0.3, -0.25) is 4.68 Å². The predicted octanol–water partition coefficient (Wildman–Crippen LogP) is 3.23. The Balaban J connectivity index is 1.98. The summed E-state index contributed by atoms with van der Waals surface area (Å²) >= 11 is 3.15. The summed E-state index contributed by atoms with van der Waals surface area (Å²) in [6.45, 7) is 5.43. The molecule has 19 heavy (non-hydrogen) atoms. The largest absolute Gasteiger partial charge is 0.308 e. The van der Waals surface area contributed by atoms with Crippen molar-refractivity contribution in [1.29, 1.82) is 0 Å². The first-order chi connectivity index (χ1) is 8.99. The first-order valence-corrected chi connectivity index (χ1v) is 6.92. The van der Waals surface area contributed by atoms with E-state index in [0.717, 1.165) is 23.5 Å². The summed E-state index contributed by atoms with van der Waals surface area (Å²) in [5.74, 6) is -0.229. The monoisotopic (exact) mass is 325 g/mol. The quantitative estimate of drug-likeness (QED) is 0.935. The molecule has 5 heteroatoms. The van der Waals surface area contributed by atoms with Crippen LogP contribution in [0.15, 0.2) is 22.7 Å². The van der Waals surface area contributed by atoms with Crippen LogP contribution in [0.1, 0.15) is 22.5 Å². The van der Waals surface area contributed by atoms with Crippen LogP contribution < -0.4 is 5.32 Å². The maximum atomic E-state index is 13.4. The number of rotatable bonds is 4. The summed E-state index contributed by atoms with van der Waals surface area (Å²) in [4.78, 5) is 0. The van der Waals surface area contributed by atoms with Crippen LogP contribution in [0.4, 0.5) is 4.39 Å². The molecule has 0 fully saturated rings. The lowest BCUT2D eigenvalue weighted by atomic mass is 10.2. The van der Waals surface area contributed by atoms with Gasteiger partial charge in [-0.05, 0) is 47.5 Å². The molecule has 0 bridgehead atoms. The zero-order chi connectivity index (χ0) is 14.0. The molecule has 0 unspecified atom stereocenters. The smallest absolute Gasteiger partial charge is 0.137 e. The molecule has 3 nitrogen and oxygen atoms in total. The van der Waals surface area contributed by atoms with Crippen LogP contribution in [-0.4, -0.2) is 9.78 Å². The number of aromatic nitrogens is 2. The highest BCUT2D eigenvalue weighted by Gasteiger charge is 2.08. The second-order valence-electron chi connectivity index (χ2n) is 4.62. The molecule has 0 radical (unpaired) electrons. The van der Waals surface area contributed by atoms with Gasteiger partial charge in [-0.2, -0.15) is 5.10 Å². The molecule has 0 saturated carbocycles. The number of nitrogens with zero attached hydrogens (tertiary/aromatic N) is 2. The molecule has 102 valence electrons. The Morgan fingerprint density at radius 2 is 2.05 bits per heavy atom. The maximum absolute atomic E-state index is 13.4. The molecule has 1 heterocycles. The Morgan fingerprint density at radius 1 is 1.32 bits per heavy atom. The average Bonchev–Trinajstić information content (AvgIpc) is 2.60. The molecule has 0 aliphatic rings. The first kappa shape index (κ1) is 14.2. The lowest BCUT2D eigenvalue weighted by molar-refractivity contribution is 0.613. The van der Waals surface area contributed by atoms with Crippen LogP contribution in [0.3, 0.4) is 0 Å². The third kappa shape index (κ3) is 3.22. The third-order valence-electron chi connectivity index (χ3n) is 3.27. The van der Waals surface area contributed by atoms with Gasteiger partial charge < -0.3 is 5.32 Å². The van der Waals surface area contributed by atoms with Crippen molar-refractivity contribution in [1.82, 2.24) is 15.1 Å². The summed E-state index contributed by atoms with van der Waals surface area (Å²) in [5, 5.41) is 7.70. The molecule has 1 aromatic carbocycles. The highest BCUT2D eigenvalue weighted by atomic mass is 79.9. The first-order valence-electron chi connectivity index (χ1n) is 6.12. The van der Waals surface area contributed by atoms with Crippen LogP contribution in [-0.2, 0) is 20.1 Å². The molecule has 2 rings (SSSR count). The van der Waals surface area contributed by atoms with Gasteiger partial charge in [0, 0.05) is 31.4 Å². The van der Waals surface area contributed by atoms with Gasteiger partial charge in [-0.25, -0.2) is 4.39 Å². The summed E-state index contributed by atoms with van der Waals surface area (Å²) in [6, 6.07) is 5.18. The average molecular weight is 326 g/mol. The van der Waals surface area contributed by atoms with E-state index in [1.807, 2.05) is 24.7 Å². The normalized spacial score (nSPS) is 11.0. The second-order valence-corrected chi connectivity index (χ2v) is 5.48. The van der Waals surface area contributed by atoms with Gasteiger partial charge in [-0.15, -0.1) is 0 Å². The van der Waals surface area contributed by atoms with Crippen molar-refractivity contribution >= 4 is 15.9 Å². The number of hydrogen-bond acceptors (Lipinski definition) is 2. The zero-order valence-corrected chi connectivity index (χ0v) is 12.9. The molecular formula is C14H17BrFN3. The Kier molecular flexibility index (Phi) is 4.37. The Hall–Kier alpha value is -1.20. The number of halogens is 2. The fourth-order valence-corrected chi connectivity index (χ4v) is 2.30. The fourth-order valence-electron chi connectivity index (χ4n) is 2.05. The van der Waals surface area contributed by atoms with Crippen LogP contribution in [0.2, 0.25) is 0 Å². The number of benzene rings is 1. The minimum atomic E-state index is -0.229. The van der Waals surface area contributed by atoms with E-state index in [-0.39, 0.29) is 5.82 Å². The van der Waals surface area contributed by atoms with Gasteiger partial charge >= 0.3 is 0 Å². The van der Waals surface area contributed by atoms with E-state index in [1.54, 1.807) is 12.1 Å². The van der Waals surface area contributed by atoms with Crippen LogP contribution >= 0.6 is 15.9 Å². The van der Waals surface area contributed by atoms with Gasteiger partial charge in [0.2, 0.25) is 0 Å². The van der Waals surface area contributed by atoms with E-state index in [0.29, 0.717) is 11.0 Å². The van der Waals surface area contributed by atoms with Gasteiger partial charge in [0.1, 0.15) is 5.82 Å². The molecule has 1 N–H and O–H groups in total. The highest BCUT2D eigenvalue weighted by molar-refractivity contribution is 9.10. The van der Waals surface area contributed by atoms with Gasteiger partial charge in [0.15, 0.2) is 0 Å². The molecule has 0 spiro atoms. The standard InChI is InChI=1S/C14H17BrFN3/c1-9-12(10(2)19(3)18-9)8-17-7-11-4-5-13(15)14(16)6-11/h4-6,17H,7-8H2,1-3H3. The van der Waals surface area contributed by atoms with E-state index in [1.165, 1.54) is 5.56 Å². The summed E-state index contributed by atoms with van der Waals surface area (Å²) < 4.78 is 15.7. The van der Waals surface area contributed by atoms with Crippen molar-refractivity contribution in [2.45, 2.75) is 26.9 Å². The highest BCUT2D eigenvalue weighted by Crippen LogP contribution is 2.16. The number of hydrogen-bond donors (Lipinski definition) is 1. The summed E-state index contributed by atoms with van der Waals surface area (Å²) in [6.07, 6.45) is 0. The second kappa shape index (κ2) is 5.84. The minimum Gasteiger partial charge on any atom is -0.308 e. The molecule has 2 aromatic rings. The van der Waals surface area contributed by atoms with Crippen molar-refractivity contribution in [3.63, 3.8) is 0 Å². The lowest BCUT2D eigenvalue weighted by Crippen LogP contribution is -2.14. The molecule has 0 aliphatic carbocycles. The SMILES string of the molecule is Cc1nn(C)c(C)c1CNCc1ccc(Br)c(F)c1. The Morgan fingerprint density at radius 3 is 2.63 bits per heavy atom. The fraction of sp³-hybridized carbons (Fsp3) is 0.357. The summed E-state index contributed by atoms with van der Waals surface area (Å²) in [5.41, 5.74) is 4.33. The Labute approximate surface area is 121 Å². The van der Waals surface area contributed by atoms with Crippen LogP contribution in [0.25, 0.3) is 0 Å². The molecular weight excluding hydrogens is 309 g/mol. The van der Waals surface area contributed by atoms with Crippen LogP contribution in [0, 0.1) is 19.7 Å². The predicted molar refractivity (Wildman–Crippen MR) is 77.3 cm³/mol. The third-order valence-corrected chi connectivity index (χ3v) is 3.92. The van der Waals surface area contributed by atoms with Gasteiger partial charge in [0.05, 0.1) is 10.2 Å². The molecule has 0 atom stereocenters. The van der Waals surface area contributed by atoms with E-state index in [9.17, 15) is 4.39 Å². The van der Waals surface area contributed by atoms with Crippen LogP contribution in [0.5, 0.6) is 0 Å². The summed E-state index contributed by atoms with van der Waals surface area (Å²) in [7, 11) is 1.94. The van der Waals surface area contributed by atoms with E-state index < -0.39 is 0 Å².